The minimum absolute atomic E-state index is 1.07. The van der Waals surface area contributed by atoms with E-state index >= 15 is 0 Å². The average Bonchev–Trinajstić information content (AvgIpc) is 3.23. The van der Waals surface area contributed by atoms with Crippen LogP contribution in [0.3, 0.4) is 0 Å². The number of nitrogens with zero attached hydrogens (tertiary/aromatic N) is 2. The smallest absolute Gasteiger partial charge is 0.0462 e. The van der Waals surface area contributed by atoms with E-state index in [1.165, 1.54) is 44.8 Å². The van der Waals surface area contributed by atoms with Gasteiger partial charge < -0.3 is 9.80 Å². The fourth-order valence-electron chi connectivity index (χ4n) is 6.76. The number of rotatable bonds is 10. The topological polar surface area (TPSA) is 6.48 Å². The van der Waals surface area contributed by atoms with Crippen LogP contribution < -0.4 is 9.80 Å². The van der Waals surface area contributed by atoms with E-state index in [2.05, 4.69) is 228 Å². The lowest BCUT2D eigenvalue weighted by Gasteiger charge is -2.27. The van der Waals surface area contributed by atoms with E-state index in [-0.39, 0.29) is 0 Å². The van der Waals surface area contributed by atoms with Crippen LogP contribution in [0.5, 0.6) is 0 Å². The molecule has 52 heavy (non-hydrogen) atoms. The summed E-state index contributed by atoms with van der Waals surface area (Å²) in [6, 6.07) is 66.9. The summed E-state index contributed by atoms with van der Waals surface area (Å²) in [6.45, 7) is 0. The second kappa shape index (κ2) is 15.5. The van der Waals surface area contributed by atoms with E-state index < -0.39 is 0 Å². The van der Waals surface area contributed by atoms with Crippen LogP contribution in [-0.4, -0.2) is 0 Å². The van der Waals surface area contributed by atoms with Crippen molar-refractivity contribution in [1.29, 1.82) is 0 Å². The maximum Gasteiger partial charge on any atom is 0.0462 e. The molecule has 0 unspecified atom stereocenters. The van der Waals surface area contributed by atoms with Gasteiger partial charge in [-0.15, -0.1) is 0 Å². The van der Waals surface area contributed by atoms with Crippen LogP contribution in [0.15, 0.2) is 212 Å². The third-order valence-corrected chi connectivity index (χ3v) is 9.48. The van der Waals surface area contributed by atoms with Crippen molar-refractivity contribution in [3.63, 3.8) is 0 Å². The molecule has 0 saturated carbocycles. The molecule has 0 bridgehead atoms. The summed E-state index contributed by atoms with van der Waals surface area (Å²) >= 11 is 0. The molecule has 1 aliphatic rings. The molecule has 0 radical (unpaired) electrons. The van der Waals surface area contributed by atoms with Crippen LogP contribution in [0.1, 0.15) is 24.0 Å². The standard InChI is InChI=1S/C50H40N2/c1-5-13-45(14-6-1)51(46-15-7-2-8-16-46)49-35-31-43(32-36-49)41-27-23-39(24-28-41)21-22-40-25-29-42(30-26-40)44-33-37-50(38-34-44)52(47-17-9-3-10-18-47)48-19-11-4-12-20-48/h1-3,5-11,13-38H,4,12H2/b22-21+. The van der Waals surface area contributed by atoms with Gasteiger partial charge in [0.05, 0.1) is 0 Å². The highest BCUT2D eigenvalue weighted by molar-refractivity contribution is 5.79. The molecule has 2 nitrogen and oxygen atoms in total. The zero-order valence-corrected chi connectivity index (χ0v) is 29.1. The number of hydrogen-bond acceptors (Lipinski definition) is 2. The Labute approximate surface area is 307 Å². The van der Waals surface area contributed by atoms with E-state index in [1.807, 2.05) is 0 Å². The molecule has 2 heteroatoms. The molecule has 1 aliphatic carbocycles. The molecule has 7 aromatic rings. The fraction of sp³-hybridized carbons (Fsp3) is 0.0400. The Morgan fingerprint density at radius 1 is 0.327 bits per heavy atom. The zero-order chi connectivity index (χ0) is 35.0. The Bertz CT molecular complexity index is 2250. The highest BCUT2D eigenvalue weighted by Crippen LogP contribution is 2.36. The molecule has 0 aliphatic heterocycles. The molecule has 0 N–H and O–H groups in total. The predicted molar refractivity (Wildman–Crippen MR) is 222 cm³/mol. The van der Waals surface area contributed by atoms with Gasteiger partial charge in [0.2, 0.25) is 0 Å². The van der Waals surface area contributed by atoms with Gasteiger partial charge in [-0.1, -0.05) is 152 Å². The summed E-state index contributed by atoms with van der Waals surface area (Å²) in [5.41, 5.74) is 14.1. The largest absolute Gasteiger partial charge is 0.311 e. The van der Waals surface area contributed by atoms with Crippen molar-refractivity contribution in [3.05, 3.63) is 223 Å². The SMILES string of the molecule is C1=CC(N(c2ccccc2)c2ccc(-c3ccc(/C=C/c4ccc(-c5ccc(N(c6ccccc6)c6ccccc6)cc5)cc4)cc3)cc2)=CCC1. The number of hydrogen-bond donors (Lipinski definition) is 0. The molecule has 0 amide bonds. The lowest BCUT2D eigenvalue weighted by atomic mass is 10.0. The number of allylic oxidation sites excluding steroid dienone is 3. The van der Waals surface area contributed by atoms with Crippen molar-refractivity contribution in [3.8, 4) is 22.3 Å². The van der Waals surface area contributed by atoms with Gasteiger partial charge in [-0.2, -0.15) is 0 Å². The normalized spacial score (nSPS) is 12.4. The Kier molecular flexibility index (Phi) is 9.70. The van der Waals surface area contributed by atoms with Crippen molar-refractivity contribution in [2.45, 2.75) is 12.8 Å². The molecule has 0 saturated heterocycles. The van der Waals surface area contributed by atoms with E-state index in [1.54, 1.807) is 0 Å². The van der Waals surface area contributed by atoms with Gasteiger partial charge >= 0.3 is 0 Å². The van der Waals surface area contributed by atoms with Crippen LogP contribution in [0.25, 0.3) is 34.4 Å². The molecule has 250 valence electrons. The maximum absolute atomic E-state index is 2.34. The molecule has 8 rings (SSSR count). The van der Waals surface area contributed by atoms with Gasteiger partial charge in [0, 0.05) is 34.1 Å². The Balaban J connectivity index is 0.935. The molecule has 0 atom stereocenters. The lowest BCUT2D eigenvalue weighted by molar-refractivity contribution is 0.997. The molecule has 7 aromatic carbocycles. The first-order valence-corrected chi connectivity index (χ1v) is 18.0. The third kappa shape index (κ3) is 7.43. The lowest BCUT2D eigenvalue weighted by Crippen LogP contribution is -2.16. The number of para-hydroxylation sites is 3. The number of anilines is 5. The van der Waals surface area contributed by atoms with Gasteiger partial charge in [0.25, 0.3) is 0 Å². The fourth-order valence-corrected chi connectivity index (χ4v) is 6.76. The van der Waals surface area contributed by atoms with Gasteiger partial charge in [-0.25, -0.2) is 0 Å². The van der Waals surface area contributed by atoms with Crippen molar-refractivity contribution >= 4 is 40.6 Å². The first-order valence-electron chi connectivity index (χ1n) is 18.0. The minimum atomic E-state index is 1.07. The van der Waals surface area contributed by atoms with Gasteiger partial charge in [0.15, 0.2) is 0 Å². The Morgan fingerprint density at radius 3 is 1.06 bits per heavy atom. The van der Waals surface area contributed by atoms with Crippen LogP contribution >= 0.6 is 0 Å². The van der Waals surface area contributed by atoms with Gasteiger partial charge in [-0.3, -0.25) is 0 Å². The monoisotopic (exact) mass is 668 g/mol. The summed E-state index contributed by atoms with van der Waals surface area (Å²) in [4.78, 5) is 4.62. The van der Waals surface area contributed by atoms with E-state index in [0.717, 1.165) is 35.6 Å². The van der Waals surface area contributed by atoms with Gasteiger partial charge in [-0.05, 0) is 113 Å². The molecule has 0 heterocycles. The second-order valence-corrected chi connectivity index (χ2v) is 13.0. The van der Waals surface area contributed by atoms with E-state index in [4.69, 9.17) is 0 Å². The first kappa shape index (κ1) is 32.6. The average molecular weight is 669 g/mol. The maximum atomic E-state index is 2.34. The summed E-state index contributed by atoms with van der Waals surface area (Å²) in [5.74, 6) is 0. The molecular formula is C50H40N2. The highest BCUT2D eigenvalue weighted by atomic mass is 15.1. The molecular weight excluding hydrogens is 629 g/mol. The summed E-state index contributed by atoms with van der Waals surface area (Å²) in [7, 11) is 0. The summed E-state index contributed by atoms with van der Waals surface area (Å²) in [5, 5.41) is 0. The van der Waals surface area contributed by atoms with Crippen molar-refractivity contribution in [1.82, 2.24) is 0 Å². The molecule has 0 fully saturated rings. The Hall–Kier alpha value is -6.64. The van der Waals surface area contributed by atoms with Crippen LogP contribution in [-0.2, 0) is 0 Å². The zero-order valence-electron chi connectivity index (χ0n) is 29.1. The van der Waals surface area contributed by atoms with Crippen LogP contribution in [0, 0.1) is 0 Å². The van der Waals surface area contributed by atoms with E-state index in [0.29, 0.717) is 0 Å². The van der Waals surface area contributed by atoms with Crippen LogP contribution in [0.2, 0.25) is 0 Å². The number of benzene rings is 7. The Morgan fingerprint density at radius 2 is 0.673 bits per heavy atom. The van der Waals surface area contributed by atoms with Crippen LogP contribution in [0.4, 0.5) is 28.4 Å². The highest BCUT2D eigenvalue weighted by Gasteiger charge is 2.15. The second-order valence-electron chi connectivity index (χ2n) is 13.0. The quantitative estimate of drug-likeness (QED) is 0.134. The van der Waals surface area contributed by atoms with Crippen molar-refractivity contribution in [2.75, 3.05) is 9.80 Å². The predicted octanol–water partition coefficient (Wildman–Crippen LogP) is 14.0. The summed E-state index contributed by atoms with van der Waals surface area (Å²) < 4.78 is 0. The first-order chi connectivity index (χ1) is 25.8. The molecule has 0 aromatic heterocycles. The minimum Gasteiger partial charge on any atom is -0.311 e. The van der Waals surface area contributed by atoms with Gasteiger partial charge in [0.1, 0.15) is 0 Å². The molecule has 0 spiro atoms. The summed E-state index contributed by atoms with van der Waals surface area (Å²) in [6.07, 6.45) is 13.4. The van der Waals surface area contributed by atoms with Crippen molar-refractivity contribution in [2.24, 2.45) is 0 Å². The van der Waals surface area contributed by atoms with Crippen molar-refractivity contribution < 1.29 is 0 Å². The van der Waals surface area contributed by atoms with E-state index in [9.17, 15) is 0 Å². The third-order valence-electron chi connectivity index (χ3n) is 9.48.